The summed E-state index contributed by atoms with van der Waals surface area (Å²) < 4.78 is 0. The predicted molar refractivity (Wildman–Crippen MR) is 92.6 cm³/mol. The highest BCUT2D eigenvalue weighted by Crippen LogP contribution is 2.15. The first-order chi connectivity index (χ1) is 10.0. The van der Waals surface area contributed by atoms with Gasteiger partial charge in [0.2, 0.25) is 0 Å². The lowest BCUT2D eigenvalue weighted by Crippen LogP contribution is -2.15. The second-order valence-corrected chi connectivity index (χ2v) is 5.37. The Morgan fingerprint density at radius 3 is 3.00 bits per heavy atom. The van der Waals surface area contributed by atoms with Gasteiger partial charge in [-0.15, -0.1) is 12.6 Å². The van der Waals surface area contributed by atoms with Gasteiger partial charge >= 0.3 is 0 Å². The number of aromatic nitrogens is 2. The minimum absolute atomic E-state index is 0. The summed E-state index contributed by atoms with van der Waals surface area (Å²) in [5, 5.41) is 1.48. The second-order valence-electron chi connectivity index (χ2n) is 4.91. The Kier molecular flexibility index (Phi) is 4.85. The Balaban J connectivity index is 0.00000242. The fourth-order valence-electron chi connectivity index (χ4n) is 2.07. The van der Waals surface area contributed by atoms with Crippen molar-refractivity contribution in [1.29, 1.82) is 0 Å². The number of nitrogens with one attached hydrogen (secondary N) is 1. The molecular weight excluding hydrogens is 282 g/mol. The van der Waals surface area contributed by atoms with E-state index in [1.165, 1.54) is 0 Å². The average molecular weight is 303 g/mol. The molecule has 1 heterocycles. The van der Waals surface area contributed by atoms with Gasteiger partial charge in [0.25, 0.3) is 5.56 Å². The standard InChI is InChI=1S/C16H19N3OS.H2/c1-4-5-6-15(21)19(3)10-12-7-8-14-13(9-12)16(20)18-11(2)17-14;/h4-9,21H,10H2,1-3H3,(H,17,18,20);1H/b5-4+,15-6-;. The Hall–Kier alpha value is -2.01. The molecule has 5 heteroatoms. The average Bonchev–Trinajstić information content (AvgIpc) is 2.45. The Morgan fingerprint density at radius 1 is 1.52 bits per heavy atom. The monoisotopic (exact) mass is 303 g/mol. The highest BCUT2D eigenvalue weighted by Gasteiger charge is 2.06. The zero-order valence-corrected chi connectivity index (χ0v) is 13.3. The van der Waals surface area contributed by atoms with E-state index < -0.39 is 0 Å². The van der Waals surface area contributed by atoms with Crippen LogP contribution < -0.4 is 5.56 Å². The molecule has 112 valence electrons. The fraction of sp³-hybridized carbons (Fsp3) is 0.250. The van der Waals surface area contributed by atoms with Crippen molar-refractivity contribution in [2.45, 2.75) is 20.4 Å². The first-order valence-electron chi connectivity index (χ1n) is 6.74. The Morgan fingerprint density at radius 2 is 2.29 bits per heavy atom. The third-order valence-corrected chi connectivity index (χ3v) is 3.63. The van der Waals surface area contributed by atoms with Gasteiger partial charge in [-0.25, -0.2) is 4.98 Å². The molecule has 0 unspecified atom stereocenters. The normalized spacial score (nSPS) is 12.3. The van der Waals surface area contributed by atoms with E-state index in [1.807, 2.05) is 55.3 Å². The largest absolute Gasteiger partial charge is 0.365 e. The van der Waals surface area contributed by atoms with Crippen molar-refractivity contribution in [2.75, 3.05) is 7.05 Å². The van der Waals surface area contributed by atoms with Gasteiger partial charge in [0.1, 0.15) is 5.82 Å². The van der Waals surface area contributed by atoms with Crippen LogP contribution in [0.15, 0.2) is 46.3 Å². The molecule has 0 aliphatic rings. The molecule has 0 saturated carbocycles. The van der Waals surface area contributed by atoms with Crippen molar-refractivity contribution in [3.8, 4) is 0 Å². The number of H-pyrrole nitrogens is 1. The summed E-state index contributed by atoms with van der Waals surface area (Å²) in [6.07, 6.45) is 5.83. The molecule has 0 saturated heterocycles. The van der Waals surface area contributed by atoms with Crippen LogP contribution in [-0.4, -0.2) is 21.9 Å². The summed E-state index contributed by atoms with van der Waals surface area (Å²) in [5.74, 6) is 0.629. The predicted octanol–water partition coefficient (Wildman–Crippen LogP) is 3.26. The van der Waals surface area contributed by atoms with Crippen molar-refractivity contribution in [1.82, 2.24) is 14.9 Å². The van der Waals surface area contributed by atoms with Gasteiger partial charge in [-0.3, -0.25) is 4.79 Å². The van der Waals surface area contributed by atoms with Crippen molar-refractivity contribution < 1.29 is 1.43 Å². The lowest BCUT2D eigenvalue weighted by molar-refractivity contribution is 0.441. The summed E-state index contributed by atoms with van der Waals surface area (Å²) in [6.45, 7) is 4.42. The summed E-state index contributed by atoms with van der Waals surface area (Å²) in [6, 6.07) is 5.75. The highest BCUT2D eigenvalue weighted by atomic mass is 32.1. The topological polar surface area (TPSA) is 49.0 Å². The number of thiol groups is 1. The Labute approximate surface area is 131 Å². The smallest absolute Gasteiger partial charge is 0.258 e. The molecule has 1 N–H and O–H groups in total. The van der Waals surface area contributed by atoms with Crippen LogP contribution in [0.4, 0.5) is 0 Å². The molecule has 0 radical (unpaired) electrons. The molecule has 0 amide bonds. The second kappa shape index (κ2) is 6.63. The van der Waals surface area contributed by atoms with Gasteiger partial charge in [0.15, 0.2) is 0 Å². The van der Waals surface area contributed by atoms with Gasteiger partial charge < -0.3 is 9.88 Å². The molecular formula is C16H21N3OS. The van der Waals surface area contributed by atoms with Crippen molar-refractivity contribution in [2.24, 2.45) is 0 Å². The molecule has 0 aliphatic heterocycles. The summed E-state index contributed by atoms with van der Waals surface area (Å²) in [4.78, 5) is 21.0. The van der Waals surface area contributed by atoms with Crippen LogP contribution in [0.3, 0.4) is 0 Å². The molecule has 4 nitrogen and oxygen atoms in total. The zero-order chi connectivity index (χ0) is 15.4. The molecule has 0 fully saturated rings. The number of fused-ring (bicyclic) bond motifs is 1. The third-order valence-electron chi connectivity index (χ3n) is 3.14. The molecule has 2 aromatic rings. The quantitative estimate of drug-likeness (QED) is 0.673. The first kappa shape index (κ1) is 15.4. The minimum atomic E-state index is -0.0995. The lowest BCUT2D eigenvalue weighted by atomic mass is 10.1. The van der Waals surface area contributed by atoms with Crippen LogP contribution in [0.25, 0.3) is 10.9 Å². The number of hydrogen-bond acceptors (Lipinski definition) is 4. The van der Waals surface area contributed by atoms with Crippen molar-refractivity contribution in [3.05, 3.63) is 63.2 Å². The molecule has 0 bridgehead atoms. The Bertz CT molecular complexity index is 768. The number of allylic oxidation sites excluding steroid dienone is 3. The lowest BCUT2D eigenvalue weighted by Gasteiger charge is -2.19. The molecule has 0 spiro atoms. The van der Waals surface area contributed by atoms with Gasteiger partial charge in [-0.05, 0) is 37.6 Å². The molecule has 21 heavy (non-hydrogen) atoms. The highest BCUT2D eigenvalue weighted by molar-refractivity contribution is 7.84. The van der Waals surface area contributed by atoms with Gasteiger partial charge in [-0.1, -0.05) is 18.2 Å². The van der Waals surface area contributed by atoms with Crippen molar-refractivity contribution >= 4 is 23.5 Å². The molecule has 2 rings (SSSR count). The maximum absolute atomic E-state index is 12.0. The molecule has 1 aromatic carbocycles. The van der Waals surface area contributed by atoms with E-state index in [-0.39, 0.29) is 6.99 Å². The van der Waals surface area contributed by atoms with E-state index in [1.54, 1.807) is 6.92 Å². The summed E-state index contributed by atoms with van der Waals surface area (Å²) >= 11 is 4.45. The van der Waals surface area contributed by atoms with Gasteiger partial charge in [0.05, 0.1) is 15.9 Å². The zero-order valence-electron chi connectivity index (χ0n) is 12.4. The van der Waals surface area contributed by atoms with Crippen LogP contribution in [0.5, 0.6) is 0 Å². The summed E-state index contributed by atoms with van der Waals surface area (Å²) in [5.41, 5.74) is 1.66. The van der Waals surface area contributed by atoms with Gasteiger partial charge in [-0.2, -0.15) is 0 Å². The van der Waals surface area contributed by atoms with Gasteiger partial charge in [0, 0.05) is 15.0 Å². The molecule has 0 atom stereocenters. The van der Waals surface area contributed by atoms with Crippen molar-refractivity contribution in [3.63, 3.8) is 0 Å². The van der Waals surface area contributed by atoms with Crippen LogP contribution in [-0.2, 0) is 6.54 Å². The third kappa shape index (κ3) is 3.76. The van der Waals surface area contributed by atoms with E-state index in [2.05, 4.69) is 22.6 Å². The number of aryl methyl sites for hydroxylation is 1. The number of benzene rings is 1. The molecule has 1 aromatic heterocycles. The van der Waals surface area contributed by atoms with E-state index in [4.69, 9.17) is 0 Å². The van der Waals surface area contributed by atoms with Crippen LogP contribution in [0.1, 0.15) is 19.7 Å². The number of aromatic amines is 1. The minimum Gasteiger partial charge on any atom is -0.365 e. The fourth-order valence-corrected chi connectivity index (χ4v) is 2.22. The number of nitrogens with zero attached hydrogens (tertiary/aromatic N) is 2. The maximum Gasteiger partial charge on any atom is 0.258 e. The van der Waals surface area contributed by atoms with E-state index in [9.17, 15) is 4.79 Å². The maximum atomic E-state index is 12.0. The SMILES string of the molecule is C/C=C/C=C(\S)N(C)Cc1ccc2nc(C)[nH]c(=O)c2c1.[HH]. The molecule has 0 aliphatic carbocycles. The van der Waals surface area contributed by atoms with Crippen LogP contribution in [0.2, 0.25) is 0 Å². The number of rotatable bonds is 4. The van der Waals surface area contributed by atoms with Crippen LogP contribution in [0, 0.1) is 6.92 Å². The van der Waals surface area contributed by atoms with E-state index >= 15 is 0 Å². The summed E-state index contributed by atoms with van der Waals surface area (Å²) in [7, 11) is 1.96. The van der Waals surface area contributed by atoms with Crippen LogP contribution >= 0.6 is 12.6 Å². The van der Waals surface area contributed by atoms with E-state index in [0.29, 0.717) is 17.8 Å². The first-order valence-corrected chi connectivity index (χ1v) is 7.18. The van der Waals surface area contributed by atoms with E-state index in [0.717, 1.165) is 16.1 Å². The number of hydrogen-bond donors (Lipinski definition) is 2.